The Morgan fingerprint density at radius 1 is 0.889 bits per heavy atom. The van der Waals surface area contributed by atoms with Gasteiger partial charge in [0.15, 0.2) is 11.5 Å². The molecule has 1 aliphatic carbocycles. The second-order valence-electron chi connectivity index (χ2n) is 9.34. The molecule has 0 aliphatic heterocycles. The van der Waals surface area contributed by atoms with Gasteiger partial charge in [-0.15, -0.1) is 11.3 Å². The van der Waals surface area contributed by atoms with Crippen LogP contribution in [0.3, 0.4) is 0 Å². The summed E-state index contributed by atoms with van der Waals surface area (Å²) >= 11 is 1.63. The lowest BCUT2D eigenvalue weighted by Crippen LogP contribution is -2.43. The monoisotopic (exact) mass is 489 g/mol. The number of nitrogens with zero attached hydrogens (tertiary/aromatic N) is 5. The van der Waals surface area contributed by atoms with Crippen molar-refractivity contribution in [3.8, 4) is 28.3 Å². The largest absolute Gasteiger partial charge is 0.383 e. The number of hydrogen-bond donors (Lipinski definition) is 2. The van der Waals surface area contributed by atoms with E-state index in [0.717, 1.165) is 62.3 Å². The number of benzene rings is 2. The summed E-state index contributed by atoms with van der Waals surface area (Å²) in [5, 5.41) is 0. The summed E-state index contributed by atoms with van der Waals surface area (Å²) < 4.78 is 3.21. The summed E-state index contributed by atoms with van der Waals surface area (Å²) in [7, 11) is 0. The highest BCUT2D eigenvalue weighted by molar-refractivity contribution is 7.16. The van der Waals surface area contributed by atoms with Crippen molar-refractivity contribution in [2.24, 2.45) is 5.73 Å². The number of hydrogen-bond acceptors (Lipinski definition) is 7. The lowest BCUT2D eigenvalue weighted by Gasteiger charge is -2.38. The van der Waals surface area contributed by atoms with Gasteiger partial charge in [0.1, 0.15) is 11.3 Å². The van der Waals surface area contributed by atoms with Crippen LogP contribution < -0.4 is 11.5 Å². The van der Waals surface area contributed by atoms with Crippen molar-refractivity contribution >= 4 is 38.5 Å². The third-order valence-corrected chi connectivity index (χ3v) is 7.97. The van der Waals surface area contributed by atoms with Crippen molar-refractivity contribution in [2.75, 3.05) is 5.73 Å². The minimum atomic E-state index is -0.216. The standard InChI is InChI=1S/C28H23N7S/c29-25-20(3-1-14-31-25)26-34-22-10-9-21(17-4-11-24-23(15-17)32-16-36-24)33-27(22)35(26)19-7-5-18(6-8-19)28(30)12-2-13-28/h1,3-11,14-16H,2,12-13,30H2,(H2,29,31). The predicted molar refractivity (Wildman–Crippen MR) is 145 cm³/mol. The van der Waals surface area contributed by atoms with E-state index < -0.39 is 0 Å². The number of aromatic nitrogens is 5. The first-order valence-corrected chi connectivity index (χ1v) is 12.8. The number of imidazole rings is 1. The van der Waals surface area contributed by atoms with Crippen LogP contribution in [0.1, 0.15) is 24.8 Å². The maximum Gasteiger partial charge on any atom is 0.165 e. The van der Waals surface area contributed by atoms with E-state index in [1.165, 1.54) is 6.42 Å². The molecule has 8 heteroatoms. The first kappa shape index (κ1) is 21.2. The molecule has 4 N–H and O–H groups in total. The van der Waals surface area contributed by atoms with Gasteiger partial charge in [-0.1, -0.05) is 18.2 Å². The number of nitrogen functional groups attached to an aromatic ring is 1. The molecule has 0 radical (unpaired) electrons. The smallest absolute Gasteiger partial charge is 0.165 e. The van der Waals surface area contributed by atoms with E-state index in [1.54, 1.807) is 17.5 Å². The molecular formula is C28H23N7S. The Bertz CT molecular complexity index is 1750. The van der Waals surface area contributed by atoms with E-state index in [9.17, 15) is 0 Å². The molecule has 6 aromatic rings. The molecule has 4 heterocycles. The van der Waals surface area contributed by atoms with Crippen molar-refractivity contribution in [3.05, 3.63) is 84.0 Å². The summed E-state index contributed by atoms with van der Waals surface area (Å²) in [6, 6.07) is 22.5. The molecule has 36 heavy (non-hydrogen) atoms. The molecule has 2 aromatic carbocycles. The fourth-order valence-corrected chi connectivity index (χ4v) is 5.61. The van der Waals surface area contributed by atoms with E-state index >= 15 is 0 Å². The molecule has 0 spiro atoms. The predicted octanol–water partition coefficient (Wildman–Crippen LogP) is 5.68. The van der Waals surface area contributed by atoms with Gasteiger partial charge in [-0.3, -0.25) is 4.57 Å². The molecule has 1 aliphatic rings. The maximum atomic E-state index is 6.58. The van der Waals surface area contributed by atoms with Crippen LogP contribution in [-0.4, -0.2) is 24.5 Å². The third-order valence-electron chi connectivity index (χ3n) is 7.16. The lowest BCUT2D eigenvalue weighted by molar-refractivity contribution is 0.253. The van der Waals surface area contributed by atoms with Gasteiger partial charge in [0.2, 0.25) is 0 Å². The van der Waals surface area contributed by atoms with Crippen molar-refractivity contribution in [3.63, 3.8) is 0 Å². The average molecular weight is 490 g/mol. The van der Waals surface area contributed by atoms with Gasteiger partial charge in [0.05, 0.1) is 27.0 Å². The molecule has 4 aromatic heterocycles. The second kappa shape index (κ2) is 7.94. The van der Waals surface area contributed by atoms with Gasteiger partial charge in [0.25, 0.3) is 0 Å². The van der Waals surface area contributed by atoms with Gasteiger partial charge in [-0.05, 0) is 73.4 Å². The molecule has 7 rings (SSSR count). The van der Waals surface area contributed by atoms with Crippen LogP contribution in [0.4, 0.5) is 5.82 Å². The molecule has 1 fully saturated rings. The quantitative estimate of drug-likeness (QED) is 0.330. The van der Waals surface area contributed by atoms with Crippen molar-refractivity contribution < 1.29 is 0 Å². The fourth-order valence-electron chi connectivity index (χ4n) is 4.96. The Morgan fingerprint density at radius 2 is 1.75 bits per heavy atom. The number of fused-ring (bicyclic) bond motifs is 2. The van der Waals surface area contributed by atoms with Crippen LogP contribution in [0.15, 0.2) is 78.4 Å². The Kier molecular flexibility index (Phi) is 4.67. The van der Waals surface area contributed by atoms with Crippen molar-refractivity contribution in [1.29, 1.82) is 0 Å². The first-order valence-electron chi connectivity index (χ1n) is 11.9. The molecule has 176 valence electrons. The molecule has 0 amide bonds. The highest BCUT2D eigenvalue weighted by atomic mass is 32.1. The van der Waals surface area contributed by atoms with Crippen LogP contribution >= 0.6 is 11.3 Å². The zero-order chi connectivity index (χ0) is 24.3. The van der Waals surface area contributed by atoms with Crippen molar-refractivity contribution in [1.82, 2.24) is 24.5 Å². The minimum absolute atomic E-state index is 0.216. The summed E-state index contributed by atoms with van der Waals surface area (Å²) in [4.78, 5) is 18.8. The Labute approximate surface area is 211 Å². The van der Waals surface area contributed by atoms with E-state index in [1.807, 2.05) is 29.8 Å². The maximum absolute atomic E-state index is 6.58. The highest BCUT2D eigenvalue weighted by Gasteiger charge is 2.34. The molecule has 0 atom stereocenters. The average Bonchev–Trinajstić information content (AvgIpc) is 3.51. The van der Waals surface area contributed by atoms with E-state index in [4.69, 9.17) is 21.4 Å². The topological polar surface area (TPSA) is 109 Å². The first-order chi connectivity index (χ1) is 17.6. The Balaban J connectivity index is 1.43. The van der Waals surface area contributed by atoms with Crippen LogP contribution in [-0.2, 0) is 5.54 Å². The second-order valence-corrected chi connectivity index (χ2v) is 10.2. The SMILES string of the molecule is Nc1ncccc1-c1nc2ccc(-c3ccc4scnc4c3)nc2n1-c1ccc(C2(N)CCC2)cc1. The number of nitrogens with two attached hydrogens (primary N) is 2. The number of anilines is 1. The van der Waals surface area contributed by atoms with Crippen LogP contribution in [0.25, 0.3) is 49.7 Å². The van der Waals surface area contributed by atoms with Crippen LogP contribution in [0, 0.1) is 0 Å². The van der Waals surface area contributed by atoms with E-state index in [2.05, 4.69) is 57.0 Å². The van der Waals surface area contributed by atoms with E-state index in [0.29, 0.717) is 11.6 Å². The van der Waals surface area contributed by atoms with E-state index in [-0.39, 0.29) is 5.54 Å². The van der Waals surface area contributed by atoms with Gasteiger partial charge in [-0.2, -0.15) is 0 Å². The summed E-state index contributed by atoms with van der Waals surface area (Å²) in [5.74, 6) is 1.13. The van der Waals surface area contributed by atoms with Crippen LogP contribution in [0.5, 0.6) is 0 Å². The summed E-state index contributed by atoms with van der Waals surface area (Å²) in [6.45, 7) is 0. The zero-order valence-corrected chi connectivity index (χ0v) is 20.2. The Hall–Kier alpha value is -4.14. The third kappa shape index (κ3) is 3.30. The van der Waals surface area contributed by atoms with Gasteiger partial charge in [0, 0.05) is 23.0 Å². The van der Waals surface area contributed by atoms with Crippen LogP contribution in [0.2, 0.25) is 0 Å². The Morgan fingerprint density at radius 3 is 2.53 bits per heavy atom. The van der Waals surface area contributed by atoms with Gasteiger partial charge >= 0.3 is 0 Å². The summed E-state index contributed by atoms with van der Waals surface area (Å²) in [5.41, 5.74) is 21.8. The normalized spacial score (nSPS) is 14.8. The lowest BCUT2D eigenvalue weighted by atomic mass is 9.73. The number of rotatable bonds is 4. The summed E-state index contributed by atoms with van der Waals surface area (Å²) in [6.07, 6.45) is 4.90. The molecule has 0 bridgehead atoms. The molecule has 0 unspecified atom stereocenters. The van der Waals surface area contributed by atoms with Gasteiger partial charge in [-0.25, -0.2) is 19.9 Å². The number of pyridine rings is 2. The molecular weight excluding hydrogens is 466 g/mol. The zero-order valence-electron chi connectivity index (χ0n) is 19.4. The highest BCUT2D eigenvalue weighted by Crippen LogP contribution is 2.39. The molecule has 1 saturated carbocycles. The molecule has 7 nitrogen and oxygen atoms in total. The minimum Gasteiger partial charge on any atom is -0.383 e. The fraction of sp³-hybridized carbons (Fsp3) is 0.143. The molecule has 0 saturated heterocycles. The van der Waals surface area contributed by atoms with Gasteiger partial charge < -0.3 is 11.5 Å². The number of thiazole rings is 1. The van der Waals surface area contributed by atoms with Crippen molar-refractivity contribution in [2.45, 2.75) is 24.8 Å².